The Morgan fingerprint density at radius 3 is 1.54 bits per heavy atom. The van der Waals surface area contributed by atoms with Crippen LogP contribution in [0.25, 0.3) is 77.2 Å². The molecule has 9 aromatic carbocycles. The van der Waals surface area contributed by atoms with Crippen molar-refractivity contribution in [2.45, 2.75) is 0 Å². The van der Waals surface area contributed by atoms with Crippen LogP contribution in [0.4, 0.5) is 17.1 Å². The topological polar surface area (TPSA) is 16.4 Å². The van der Waals surface area contributed by atoms with Crippen molar-refractivity contribution in [1.29, 1.82) is 0 Å². The molecule has 1 heterocycles. The van der Waals surface area contributed by atoms with Crippen LogP contribution in [0.1, 0.15) is 0 Å². The molecule has 0 saturated heterocycles. The molecule has 2 nitrogen and oxygen atoms in total. The van der Waals surface area contributed by atoms with Gasteiger partial charge in [0.25, 0.3) is 0 Å². The SMILES string of the molecule is c1ccc(-c2ccc(-c3c4ccccc4cc4c3oc3ccc(N(c5ccc(-c6ccccc6)cc5)c5ccccc5-c5ccccc5)cc34)cc2)cc1. The lowest BCUT2D eigenvalue weighted by molar-refractivity contribution is 0.670. The highest BCUT2D eigenvalue weighted by Gasteiger charge is 2.21. The summed E-state index contributed by atoms with van der Waals surface area (Å²) in [5.41, 5.74) is 14.4. The van der Waals surface area contributed by atoms with Crippen molar-refractivity contribution >= 4 is 49.8 Å². The van der Waals surface area contributed by atoms with Crippen LogP contribution in [-0.2, 0) is 0 Å². The second-order valence-electron chi connectivity index (χ2n) is 13.7. The molecular formula is C52H35NO. The summed E-state index contributed by atoms with van der Waals surface area (Å²) >= 11 is 0. The molecule has 0 aliphatic carbocycles. The van der Waals surface area contributed by atoms with Crippen LogP contribution < -0.4 is 4.90 Å². The third kappa shape index (κ3) is 5.62. The number of rotatable bonds is 7. The average molecular weight is 690 g/mol. The average Bonchev–Trinajstić information content (AvgIpc) is 3.61. The molecule has 0 spiro atoms. The molecule has 254 valence electrons. The fraction of sp³-hybridized carbons (Fsp3) is 0. The van der Waals surface area contributed by atoms with E-state index in [1.807, 2.05) is 0 Å². The molecule has 0 amide bonds. The predicted octanol–water partition coefficient (Wildman–Crippen LogP) is 14.9. The van der Waals surface area contributed by atoms with E-state index in [0.717, 1.165) is 55.7 Å². The largest absolute Gasteiger partial charge is 0.455 e. The number of nitrogens with zero attached hydrogens (tertiary/aromatic N) is 1. The predicted molar refractivity (Wildman–Crippen MR) is 228 cm³/mol. The summed E-state index contributed by atoms with van der Waals surface area (Å²) in [6.45, 7) is 0. The molecule has 0 saturated carbocycles. The van der Waals surface area contributed by atoms with Gasteiger partial charge in [0, 0.05) is 33.3 Å². The molecule has 54 heavy (non-hydrogen) atoms. The number of anilines is 3. The smallest absolute Gasteiger partial charge is 0.143 e. The van der Waals surface area contributed by atoms with Gasteiger partial charge in [-0.25, -0.2) is 0 Å². The maximum absolute atomic E-state index is 6.85. The zero-order valence-corrected chi connectivity index (χ0v) is 29.6. The lowest BCUT2D eigenvalue weighted by atomic mass is 9.94. The van der Waals surface area contributed by atoms with E-state index in [4.69, 9.17) is 4.42 Å². The molecule has 1 aromatic heterocycles. The van der Waals surface area contributed by atoms with Crippen LogP contribution in [0.3, 0.4) is 0 Å². The molecule has 0 unspecified atom stereocenters. The highest BCUT2D eigenvalue weighted by atomic mass is 16.3. The number of benzene rings is 9. The quantitative estimate of drug-likeness (QED) is 0.166. The van der Waals surface area contributed by atoms with Crippen molar-refractivity contribution < 1.29 is 4.42 Å². The Labute approximate surface area is 314 Å². The van der Waals surface area contributed by atoms with Crippen molar-refractivity contribution in [3.05, 3.63) is 212 Å². The van der Waals surface area contributed by atoms with Crippen molar-refractivity contribution in [2.24, 2.45) is 0 Å². The number of para-hydroxylation sites is 1. The van der Waals surface area contributed by atoms with Gasteiger partial charge in [0.05, 0.1) is 5.69 Å². The summed E-state index contributed by atoms with van der Waals surface area (Å²) < 4.78 is 6.85. The zero-order valence-electron chi connectivity index (χ0n) is 29.6. The van der Waals surface area contributed by atoms with Gasteiger partial charge in [0.2, 0.25) is 0 Å². The minimum Gasteiger partial charge on any atom is -0.455 e. The van der Waals surface area contributed by atoms with Crippen LogP contribution in [0.15, 0.2) is 217 Å². The van der Waals surface area contributed by atoms with E-state index in [1.54, 1.807) is 0 Å². The van der Waals surface area contributed by atoms with E-state index in [9.17, 15) is 0 Å². The minimum atomic E-state index is 0.863. The molecule has 0 fully saturated rings. The fourth-order valence-electron chi connectivity index (χ4n) is 7.84. The first-order valence-electron chi connectivity index (χ1n) is 18.4. The Morgan fingerprint density at radius 2 is 0.852 bits per heavy atom. The summed E-state index contributed by atoms with van der Waals surface area (Å²) in [6.07, 6.45) is 0. The van der Waals surface area contributed by atoms with Gasteiger partial charge >= 0.3 is 0 Å². The van der Waals surface area contributed by atoms with Crippen LogP contribution >= 0.6 is 0 Å². The van der Waals surface area contributed by atoms with E-state index in [2.05, 4.69) is 217 Å². The van der Waals surface area contributed by atoms with Gasteiger partial charge in [0.1, 0.15) is 11.2 Å². The maximum Gasteiger partial charge on any atom is 0.143 e. The van der Waals surface area contributed by atoms with Crippen LogP contribution in [0.5, 0.6) is 0 Å². The van der Waals surface area contributed by atoms with Gasteiger partial charge in [-0.3, -0.25) is 0 Å². The van der Waals surface area contributed by atoms with Crippen molar-refractivity contribution in [2.75, 3.05) is 4.90 Å². The third-order valence-electron chi connectivity index (χ3n) is 10.5. The Morgan fingerprint density at radius 1 is 0.333 bits per heavy atom. The second kappa shape index (κ2) is 13.4. The minimum absolute atomic E-state index is 0.863. The summed E-state index contributed by atoms with van der Waals surface area (Å²) in [4.78, 5) is 2.37. The molecule has 10 rings (SSSR count). The van der Waals surface area contributed by atoms with E-state index >= 15 is 0 Å². The van der Waals surface area contributed by atoms with E-state index in [0.29, 0.717) is 0 Å². The van der Waals surface area contributed by atoms with Crippen molar-refractivity contribution in [3.8, 4) is 44.5 Å². The molecule has 0 aliphatic heterocycles. The molecule has 10 aromatic rings. The number of hydrogen-bond donors (Lipinski definition) is 0. The molecular weight excluding hydrogens is 655 g/mol. The summed E-state index contributed by atoms with van der Waals surface area (Å²) in [5.74, 6) is 0. The Kier molecular flexibility index (Phi) is 7.85. The molecule has 0 atom stereocenters. The van der Waals surface area contributed by atoms with Gasteiger partial charge in [0.15, 0.2) is 0 Å². The normalized spacial score (nSPS) is 11.3. The second-order valence-corrected chi connectivity index (χ2v) is 13.7. The van der Waals surface area contributed by atoms with E-state index in [1.165, 1.54) is 38.6 Å². The first-order chi connectivity index (χ1) is 26.8. The number of furan rings is 1. The van der Waals surface area contributed by atoms with Gasteiger partial charge in [-0.05, 0) is 86.6 Å². The highest BCUT2D eigenvalue weighted by Crippen LogP contribution is 2.46. The molecule has 0 bridgehead atoms. The number of fused-ring (bicyclic) bond motifs is 4. The Bertz CT molecular complexity index is 2890. The molecule has 0 aliphatic rings. The van der Waals surface area contributed by atoms with Gasteiger partial charge in [-0.15, -0.1) is 0 Å². The zero-order chi connectivity index (χ0) is 35.8. The van der Waals surface area contributed by atoms with E-state index in [-0.39, 0.29) is 0 Å². The summed E-state index contributed by atoms with van der Waals surface area (Å²) in [6, 6.07) is 75.7. The maximum atomic E-state index is 6.85. The first-order valence-corrected chi connectivity index (χ1v) is 18.4. The van der Waals surface area contributed by atoms with Gasteiger partial charge in [-0.2, -0.15) is 0 Å². The molecule has 0 N–H and O–H groups in total. The van der Waals surface area contributed by atoms with Gasteiger partial charge in [-0.1, -0.05) is 170 Å². The fourth-order valence-corrected chi connectivity index (χ4v) is 7.84. The third-order valence-corrected chi connectivity index (χ3v) is 10.5. The lowest BCUT2D eigenvalue weighted by Gasteiger charge is -2.28. The van der Waals surface area contributed by atoms with Crippen LogP contribution in [0, 0.1) is 0 Å². The Balaban J connectivity index is 1.16. The van der Waals surface area contributed by atoms with Gasteiger partial charge < -0.3 is 9.32 Å². The summed E-state index contributed by atoms with van der Waals surface area (Å²) in [7, 11) is 0. The Hall–Kier alpha value is -7.16. The van der Waals surface area contributed by atoms with E-state index < -0.39 is 0 Å². The first kappa shape index (κ1) is 31.6. The van der Waals surface area contributed by atoms with Crippen molar-refractivity contribution in [1.82, 2.24) is 0 Å². The van der Waals surface area contributed by atoms with Crippen molar-refractivity contribution in [3.63, 3.8) is 0 Å². The molecule has 2 heteroatoms. The summed E-state index contributed by atoms with van der Waals surface area (Å²) in [5, 5.41) is 4.54. The van der Waals surface area contributed by atoms with Crippen LogP contribution in [-0.4, -0.2) is 0 Å². The monoisotopic (exact) mass is 689 g/mol. The number of hydrogen-bond acceptors (Lipinski definition) is 2. The molecule has 0 radical (unpaired) electrons. The van der Waals surface area contributed by atoms with Crippen LogP contribution in [0.2, 0.25) is 0 Å². The lowest BCUT2D eigenvalue weighted by Crippen LogP contribution is -2.11. The standard InChI is InChI=1S/C52H35NO/c1-4-14-36(15-5-1)38-24-26-41(27-25-38)51-46-22-11-10-20-42(46)34-48-47-35-44(32-33-50(47)54-52(48)51)53(43-30-28-39(29-31-43)37-16-6-2-7-17-37)49-23-13-12-21-45(49)40-18-8-3-9-19-40/h1-35H. The highest BCUT2D eigenvalue weighted by molar-refractivity contribution is 6.19.